The number of carbonyl (C=O) groups excluding carboxylic acids is 1. The minimum Gasteiger partial charge on any atom is -0.328 e. The first-order valence-corrected chi connectivity index (χ1v) is 7.28. The van der Waals surface area contributed by atoms with E-state index in [0.717, 1.165) is 5.56 Å². The number of halogens is 1. The number of hydrogen-bond acceptors (Lipinski definition) is 4. The van der Waals surface area contributed by atoms with Crippen molar-refractivity contribution in [1.82, 2.24) is 25.5 Å². The van der Waals surface area contributed by atoms with Gasteiger partial charge in [-0.15, -0.1) is 0 Å². The van der Waals surface area contributed by atoms with Crippen molar-refractivity contribution in [2.75, 3.05) is 5.32 Å². The molecule has 0 unspecified atom stereocenters. The first-order chi connectivity index (χ1) is 11.6. The number of urea groups is 1. The molecular formula is C16H15FN6O. The predicted molar refractivity (Wildman–Crippen MR) is 86.6 cm³/mol. The highest BCUT2D eigenvalue weighted by Crippen LogP contribution is 2.16. The number of benzene rings is 1. The highest BCUT2D eigenvalue weighted by Gasteiger charge is 2.15. The van der Waals surface area contributed by atoms with Crippen molar-refractivity contribution in [3.63, 3.8) is 0 Å². The molecule has 3 aromatic rings. The van der Waals surface area contributed by atoms with E-state index in [4.69, 9.17) is 0 Å². The second-order valence-corrected chi connectivity index (χ2v) is 5.09. The fraction of sp³-hybridized carbons (Fsp3) is 0.125. The lowest BCUT2D eigenvalue weighted by molar-refractivity contribution is 0.249. The summed E-state index contributed by atoms with van der Waals surface area (Å²) >= 11 is 0. The van der Waals surface area contributed by atoms with Gasteiger partial charge < -0.3 is 10.6 Å². The van der Waals surface area contributed by atoms with Gasteiger partial charge in [-0.2, -0.15) is 5.10 Å². The Morgan fingerprint density at radius 3 is 2.83 bits per heavy atom. The van der Waals surface area contributed by atoms with Crippen LogP contribution in [0.3, 0.4) is 0 Å². The molecule has 0 aliphatic carbocycles. The number of nitrogens with zero attached hydrogens (tertiary/aromatic N) is 3. The lowest BCUT2D eigenvalue weighted by Crippen LogP contribution is -2.32. The predicted octanol–water partition coefficient (Wildman–Crippen LogP) is 2.89. The molecular weight excluding hydrogens is 311 g/mol. The van der Waals surface area contributed by atoms with Crippen molar-refractivity contribution in [2.45, 2.75) is 13.0 Å². The van der Waals surface area contributed by atoms with E-state index in [-0.39, 0.29) is 5.69 Å². The Kier molecular flexibility index (Phi) is 4.46. The summed E-state index contributed by atoms with van der Waals surface area (Å²) in [4.78, 5) is 20.3. The third kappa shape index (κ3) is 3.54. The van der Waals surface area contributed by atoms with Gasteiger partial charge in [0, 0.05) is 18.0 Å². The van der Waals surface area contributed by atoms with E-state index in [0.29, 0.717) is 11.6 Å². The zero-order chi connectivity index (χ0) is 16.9. The van der Waals surface area contributed by atoms with Gasteiger partial charge in [0.2, 0.25) is 0 Å². The minimum atomic E-state index is -0.535. The summed E-state index contributed by atoms with van der Waals surface area (Å²) in [7, 11) is 0. The first kappa shape index (κ1) is 15.6. The number of hydrogen-bond donors (Lipinski definition) is 3. The Morgan fingerprint density at radius 1 is 1.25 bits per heavy atom. The molecule has 0 radical (unpaired) electrons. The smallest absolute Gasteiger partial charge is 0.319 e. The van der Waals surface area contributed by atoms with Crippen LogP contribution < -0.4 is 10.6 Å². The summed E-state index contributed by atoms with van der Waals surface area (Å²) in [5, 5.41) is 12.0. The Hall–Kier alpha value is -3.29. The lowest BCUT2D eigenvalue weighted by atomic mass is 10.3. The molecule has 3 rings (SSSR count). The van der Waals surface area contributed by atoms with Crippen LogP contribution in [0.4, 0.5) is 14.9 Å². The van der Waals surface area contributed by atoms with E-state index < -0.39 is 17.9 Å². The van der Waals surface area contributed by atoms with Gasteiger partial charge in [0.15, 0.2) is 5.82 Å². The molecule has 0 aliphatic heterocycles. The lowest BCUT2D eigenvalue weighted by Gasteiger charge is -2.12. The van der Waals surface area contributed by atoms with Gasteiger partial charge in [-0.1, -0.05) is 12.1 Å². The van der Waals surface area contributed by atoms with Crippen LogP contribution >= 0.6 is 0 Å². The van der Waals surface area contributed by atoms with Gasteiger partial charge in [-0.3, -0.25) is 10.1 Å². The molecule has 0 bridgehead atoms. The molecule has 3 N–H and O–H groups in total. The van der Waals surface area contributed by atoms with Crippen LogP contribution in [0.15, 0.2) is 48.8 Å². The Labute approximate surface area is 137 Å². The maximum atomic E-state index is 13.5. The van der Waals surface area contributed by atoms with Crippen LogP contribution in [0.2, 0.25) is 0 Å². The SMILES string of the molecule is C[C@H](NC(=O)Nc1ccccc1F)c1nc(-c2cccnc2)n[nH]1. The fourth-order valence-corrected chi connectivity index (χ4v) is 2.08. The second kappa shape index (κ2) is 6.86. The van der Waals surface area contributed by atoms with Crippen molar-refractivity contribution in [1.29, 1.82) is 0 Å². The zero-order valence-electron chi connectivity index (χ0n) is 12.8. The van der Waals surface area contributed by atoms with Crippen molar-refractivity contribution in [2.24, 2.45) is 0 Å². The van der Waals surface area contributed by atoms with Gasteiger partial charge in [0.1, 0.15) is 11.6 Å². The van der Waals surface area contributed by atoms with E-state index in [9.17, 15) is 9.18 Å². The molecule has 7 nitrogen and oxygen atoms in total. The molecule has 2 amide bonds. The standard InChI is InChI=1S/C16H15FN6O/c1-10(19-16(24)20-13-7-3-2-6-12(13)17)14-21-15(23-22-14)11-5-4-8-18-9-11/h2-10H,1H3,(H2,19,20,24)(H,21,22,23)/t10-/m0/s1. The number of amides is 2. The average Bonchev–Trinajstić information content (AvgIpc) is 3.08. The van der Waals surface area contributed by atoms with Crippen LogP contribution in [0.1, 0.15) is 18.8 Å². The van der Waals surface area contributed by atoms with Crippen molar-refractivity contribution >= 4 is 11.7 Å². The molecule has 122 valence electrons. The summed E-state index contributed by atoms with van der Waals surface area (Å²) in [5.74, 6) is 0.470. The third-order valence-electron chi connectivity index (χ3n) is 3.30. The Morgan fingerprint density at radius 2 is 2.08 bits per heavy atom. The van der Waals surface area contributed by atoms with Crippen LogP contribution in [0, 0.1) is 5.82 Å². The summed E-state index contributed by atoms with van der Waals surface area (Å²) in [6.45, 7) is 1.74. The largest absolute Gasteiger partial charge is 0.328 e. The van der Waals surface area contributed by atoms with E-state index in [2.05, 4.69) is 30.8 Å². The second-order valence-electron chi connectivity index (χ2n) is 5.09. The van der Waals surface area contributed by atoms with Crippen LogP contribution in [-0.4, -0.2) is 26.2 Å². The number of para-hydroxylation sites is 1. The maximum Gasteiger partial charge on any atom is 0.319 e. The number of aromatic nitrogens is 4. The fourth-order valence-electron chi connectivity index (χ4n) is 2.08. The summed E-state index contributed by atoms with van der Waals surface area (Å²) < 4.78 is 13.5. The number of pyridine rings is 1. The van der Waals surface area contributed by atoms with Crippen LogP contribution in [-0.2, 0) is 0 Å². The molecule has 2 aromatic heterocycles. The zero-order valence-corrected chi connectivity index (χ0v) is 12.8. The molecule has 0 saturated carbocycles. The van der Waals surface area contributed by atoms with E-state index in [1.807, 2.05) is 6.07 Å². The van der Waals surface area contributed by atoms with E-state index in [1.165, 1.54) is 12.1 Å². The number of aromatic amines is 1. The first-order valence-electron chi connectivity index (χ1n) is 7.28. The van der Waals surface area contributed by atoms with Crippen molar-refractivity contribution in [3.05, 3.63) is 60.4 Å². The summed E-state index contributed by atoms with van der Waals surface area (Å²) in [6.07, 6.45) is 3.31. The molecule has 0 fully saturated rings. The maximum absolute atomic E-state index is 13.5. The highest BCUT2D eigenvalue weighted by atomic mass is 19.1. The molecule has 1 atom stereocenters. The minimum absolute atomic E-state index is 0.107. The number of anilines is 1. The molecule has 0 aliphatic rings. The molecule has 0 saturated heterocycles. The quantitative estimate of drug-likeness (QED) is 0.687. The van der Waals surface area contributed by atoms with Gasteiger partial charge in [-0.25, -0.2) is 14.2 Å². The van der Waals surface area contributed by atoms with Gasteiger partial charge in [0.05, 0.1) is 11.7 Å². The van der Waals surface area contributed by atoms with Crippen molar-refractivity contribution in [3.8, 4) is 11.4 Å². The van der Waals surface area contributed by atoms with Gasteiger partial charge in [-0.05, 0) is 31.2 Å². The third-order valence-corrected chi connectivity index (χ3v) is 3.30. The van der Waals surface area contributed by atoms with E-state index in [1.54, 1.807) is 37.5 Å². The van der Waals surface area contributed by atoms with E-state index >= 15 is 0 Å². The number of H-pyrrole nitrogens is 1. The van der Waals surface area contributed by atoms with Crippen LogP contribution in [0.5, 0.6) is 0 Å². The molecule has 0 spiro atoms. The monoisotopic (exact) mass is 326 g/mol. The van der Waals surface area contributed by atoms with Gasteiger partial charge in [0.25, 0.3) is 0 Å². The van der Waals surface area contributed by atoms with Crippen LogP contribution in [0.25, 0.3) is 11.4 Å². The Balaban J connectivity index is 1.65. The summed E-state index contributed by atoms with van der Waals surface area (Å²) in [5.41, 5.74) is 0.874. The molecule has 1 aromatic carbocycles. The Bertz CT molecular complexity index is 835. The normalized spacial score (nSPS) is 11.8. The highest BCUT2D eigenvalue weighted by molar-refractivity contribution is 5.89. The molecule has 2 heterocycles. The number of rotatable bonds is 4. The molecule has 8 heteroatoms. The number of carbonyl (C=O) groups is 1. The van der Waals surface area contributed by atoms with Crippen molar-refractivity contribution < 1.29 is 9.18 Å². The molecule has 24 heavy (non-hydrogen) atoms. The van der Waals surface area contributed by atoms with Gasteiger partial charge >= 0.3 is 6.03 Å². The topological polar surface area (TPSA) is 95.6 Å². The summed E-state index contributed by atoms with van der Waals surface area (Å²) in [6, 6.07) is 8.60. The number of nitrogens with one attached hydrogen (secondary N) is 3. The average molecular weight is 326 g/mol.